The van der Waals surface area contributed by atoms with Crippen molar-refractivity contribution < 1.29 is 0 Å². The summed E-state index contributed by atoms with van der Waals surface area (Å²) >= 11 is 7.50. The SMILES string of the molecule is [AsH2]C([AsH2])([AsH2])[AsH2]. The Morgan fingerprint density at radius 1 is 0.800 bits per heavy atom. The van der Waals surface area contributed by atoms with Crippen LogP contribution in [0.3, 0.4) is 0 Å². The van der Waals surface area contributed by atoms with Gasteiger partial charge in [-0.25, -0.2) is 0 Å². The Labute approximate surface area is 67.2 Å². The van der Waals surface area contributed by atoms with Gasteiger partial charge in [-0.15, -0.1) is 0 Å². The van der Waals surface area contributed by atoms with Crippen molar-refractivity contribution in [1.82, 2.24) is 0 Å². The number of hydrogen-bond donors (Lipinski definition) is 0. The molecule has 0 nitrogen and oxygen atoms in total. The van der Waals surface area contributed by atoms with Gasteiger partial charge in [-0.2, -0.15) is 0 Å². The molecule has 0 aromatic rings. The van der Waals surface area contributed by atoms with E-state index in [2.05, 4.69) is 0 Å². The molecule has 0 fully saturated rings. The monoisotopic (exact) mass is 320 g/mol. The van der Waals surface area contributed by atoms with Crippen LogP contribution in [0, 0.1) is 0 Å². The maximum absolute atomic E-state index is 1.88. The fourth-order valence-electron chi connectivity index (χ4n) is 0. The van der Waals surface area contributed by atoms with Crippen LogP contribution < -0.4 is 0 Å². The van der Waals surface area contributed by atoms with Crippen molar-refractivity contribution in [3.05, 3.63) is 0 Å². The fourth-order valence-corrected chi connectivity index (χ4v) is 0. The first kappa shape index (κ1) is 7.23. The van der Waals surface area contributed by atoms with Crippen LogP contribution >= 0.6 is 0 Å². The molecule has 0 aliphatic carbocycles. The van der Waals surface area contributed by atoms with Crippen LogP contribution in [-0.4, -0.2) is 67.4 Å². The molecule has 0 bridgehead atoms. The standard InChI is InChI=1S/CH8As4/c2-1(3,4)5/h2-5H2. The third-order valence-corrected chi connectivity index (χ3v) is 0. The number of rotatable bonds is 0. The Kier molecular flexibility index (Phi) is 3.64. The molecule has 0 N–H and O–H groups in total. The average Bonchev–Trinajstić information content (AvgIpc) is 0.722. The molecule has 32 valence electrons. The summed E-state index contributed by atoms with van der Waals surface area (Å²) in [7, 11) is 0. The van der Waals surface area contributed by atoms with Crippen LogP contribution in [0.1, 0.15) is 0 Å². The Balaban J connectivity index is 3.02. The summed E-state index contributed by atoms with van der Waals surface area (Å²) in [5, 5.41) is 0. The van der Waals surface area contributed by atoms with E-state index >= 15 is 0 Å². The molecule has 0 spiro atoms. The number of hydrogen-bond acceptors (Lipinski definition) is 0. The van der Waals surface area contributed by atoms with E-state index in [-0.39, 0.29) is 0 Å². The first-order valence-corrected chi connectivity index (χ1v) is 6.00. The Hall–Kier alpha value is 2.23. The van der Waals surface area contributed by atoms with Crippen molar-refractivity contribution in [1.29, 1.82) is 0 Å². The molecule has 0 saturated heterocycles. The molecule has 4 atom stereocenters. The zero-order valence-corrected chi connectivity index (χ0v) is 12.5. The first-order valence-electron chi connectivity index (χ1n) is 1.15. The molecule has 0 aromatic carbocycles. The van der Waals surface area contributed by atoms with Gasteiger partial charge in [0.25, 0.3) is 0 Å². The summed E-state index contributed by atoms with van der Waals surface area (Å²) < 4.78 is 0.750. The molecule has 5 heavy (non-hydrogen) atoms. The van der Waals surface area contributed by atoms with E-state index < -0.39 is 0 Å². The van der Waals surface area contributed by atoms with Crippen LogP contribution in [0.5, 0.6) is 0 Å². The van der Waals surface area contributed by atoms with Crippen molar-refractivity contribution in [3.8, 4) is 0 Å². The van der Waals surface area contributed by atoms with Gasteiger partial charge in [0.05, 0.1) is 0 Å². The van der Waals surface area contributed by atoms with Crippen molar-refractivity contribution in [2.24, 2.45) is 0 Å². The summed E-state index contributed by atoms with van der Waals surface area (Å²) in [5.41, 5.74) is 0. The van der Waals surface area contributed by atoms with E-state index in [1.807, 2.05) is 67.4 Å². The van der Waals surface area contributed by atoms with Gasteiger partial charge in [-0.05, 0) is 0 Å². The summed E-state index contributed by atoms with van der Waals surface area (Å²) in [5.74, 6) is 0. The van der Waals surface area contributed by atoms with Crippen LogP contribution in [0.25, 0.3) is 0 Å². The third-order valence-electron chi connectivity index (χ3n) is 0. The van der Waals surface area contributed by atoms with Crippen molar-refractivity contribution in [3.63, 3.8) is 0 Å². The Morgan fingerprint density at radius 2 is 0.800 bits per heavy atom. The minimum absolute atomic E-state index is 0.750. The van der Waals surface area contributed by atoms with Gasteiger partial charge in [0, 0.05) is 0 Å². The second kappa shape index (κ2) is 2.52. The Morgan fingerprint density at radius 3 is 0.800 bits per heavy atom. The van der Waals surface area contributed by atoms with Crippen molar-refractivity contribution in [2.45, 2.75) is 0.566 Å². The molecule has 0 aliphatic rings. The van der Waals surface area contributed by atoms with Gasteiger partial charge in [-0.1, -0.05) is 0 Å². The molecular weight excluding hydrogens is 312 g/mol. The molecule has 4 unspecified atom stereocenters. The van der Waals surface area contributed by atoms with Gasteiger partial charge in [0.15, 0.2) is 0 Å². The van der Waals surface area contributed by atoms with Crippen LogP contribution in [0.4, 0.5) is 0 Å². The van der Waals surface area contributed by atoms with Crippen LogP contribution in [-0.2, 0) is 0 Å². The third kappa shape index (κ3) is 22.4. The van der Waals surface area contributed by atoms with Crippen LogP contribution in [0.2, 0.25) is 0.566 Å². The van der Waals surface area contributed by atoms with Gasteiger partial charge < -0.3 is 0 Å². The molecular formula is CH8As4. The van der Waals surface area contributed by atoms with Crippen molar-refractivity contribution in [2.75, 3.05) is 0 Å². The quantitative estimate of drug-likeness (QED) is 0.408. The van der Waals surface area contributed by atoms with Gasteiger partial charge in [-0.3, -0.25) is 0 Å². The molecule has 0 aliphatic heterocycles. The predicted molar refractivity (Wildman–Crippen MR) is 36.9 cm³/mol. The molecule has 0 radical (unpaired) electrons. The first-order chi connectivity index (χ1) is 2.00. The van der Waals surface area contributed by atoms with Gasteiger partial charge in [0.1, 0.15) is 0 Å². The second-order valence-corrected chi connectivity index (χ2v) is 27.0. The topological polar surface area (TPSA) is 0 Å². The summed E-state index contributed by atoms with van der Waals surface area (Å²) in [4.78, 5) is 0. The maximum atomic E-state index is 1.88. The van der Waals surface area contributed by atoms with Gasteiger partial charge in [0.2, 0.25) is 0 Å². The Bertz CT molecular complexity index is 19.1. The molecule has 4 heteroatoms. The van der Waals surface area contributed by atoms with Crippen molar-refractivity contribution >= 4 is 67.4 Å². The fraction of sp³-hybridized carbons (Fsp3) is 1.00. The van der Waals surface area contributed by atoms with Crippen LogP contribution in [0.15, 0.2) is 0 Å². The minimum atomic E-state index is 0.750. The van der Waals surface area contributed by atoms with E-state index in [1.165, 1.54) is 0 Å². The van der Waals surface area contributed by atoms with E-state index in [9.17, 15) is 0 Å². The molecule has 0 rings (SSSR count). The molecule has 0 saturated carbocycles. The zero-order chi connectivity index (χ0) is 4.50. The van der Waals surface area contributed by atoms with E-state index in [0.717, 1.165) is 0.566 Å². The summed E-state index contributed by atoms with van der Waals surface area (Å²) in [6, 6.07) is 0. The molecule has 0 heterocycles. The molecule has 0 amide bonds. The van der Waals surface area contributed by atoms with E-state index in [0.29, 0.717) is 0 Å². The average molecular weight is 320 g/mol. The normalized spacial score (nSPS) is 12.0. The zero-order valence-electron chi connectivity index (χ0n) is 2.81. The molecule has 0 aromatic heterocycles. The predicted octanol–water partition coefficient (Wildman–Crippen LogP) is -3.45. The summed E-state index contributed by atoms with van der Waals surface area (Å²) in [6.45, 7) is 0. The second-order valence-electron chi connectivity index (χ2n) is 1.00. The van der Waals surface area contributed by atoms with E-state index in [1.54, 1.807) is 0 Å². The summed E-state index contributed by atoms with van der Waals surface area (Å²) in [6.07, 6.45) is 0. The van der Waals surface area contributed by atoms with E-state index in [4.69, 9.17) is 0 Å². The van der Waals surface area contributed by atoms with Gasteiger partial charge >= 0.3 is 68.0 Å².